The van der Waals surface area contributed by atoms with Crippen molar-refractivity contribution in [2.75, 3.05) is 14.2 Å². The van der Waals surface area contributed by atoms with Crippen LogP contribution in [0, 0.1) is 0 Å². The Morgan fingerprint density at radius 1 is 1.35 bits per heavy atom. The van der Waals surface area contributed by atoms with Crippen LogP contribution in [0.15, 0.2) is 30.6 Å². The first-order chi connectivity index (χ1) is 11.1. The number of carbonyl (C=O) groups is 1. The number of hydrogen-bond acceptors (Lipinski definition) is 4. The number of nitrogens with zero attached hydrogens (tertiary/aromatic N) is 3. The Kier molecular flexibility index (Phi) is 4.48. The van der Waals surface area contributed by atoms with Gasteiger partial charge in [-0.25, -0.2) is 9.97 Å². The van der Waals surface area contributed by atoms with Gasteiger partial charge in [-0.05, 0) is 30.5 Å². The van der Waals surface area contributed by atoms with Crippen LogP contribution in [0.3, 0.4) is 0 Å². The number of methoxy groups -OCH3 is 1. The summed E-state index contributed by atoms with van der Waals surface area (Å²) in [6.07, 6.45) is 5.51. The maximum atomic E-state index is 12.4. The first-order valence-electron chi connectivity index (χ1n) is 7.48. The van der Waals surface area contributed by atoms with Crippen molar-refractivity contribution >= 4 is 17.5 Å². The average Bonchev–Trinajstić information content (AvgIpc) is 3.39. The van der Waals surface area contributed by atoms with E-state index in [4.69, 9.17) is 16.3 Å². The fraction of sp³-hybridized carbons (Fsp3) is 0.353. The summed E-state index contributed by atoms with van der Waals surface area (Å²) in [5.74, 6) is 1.83. The summed E-state index contributed by atoms with van der Waals surface area (Å²) in [6, 6.07) is 5.49. The third-order valence-corrected chi connectivity index (χ3v) is 4.14. The Balaban J connectivity index is 1.68. The molecule has 2 aromatic rings. The van der Waals surface area contributed by atoms with Gasteiger partial charge < -0.3 is 9.64 Å². The highest BCUT2D eigenvalue weighted by Crippen LogP contribution is 2.37. The van der Waals surface area contributed by atoms with Crippen LogP contribution < -0.4 is 4.74 Å². The molecule has 0 radical (unpaired) electrons. The fourth-order valence-corrected chi connectivity index (χ4v) is 2.66. The van der Waals surface area contributed by atoms with Crippen LogP contribution in [-0.4, -0.2) is 34.9 Å². The largest absolute Gasteiger partial charge is 0.495 e. The minimum Gasteiger partial charge on any atom is -0.495 e. The molecule has 1 aromatic heterocycles. The molecule has 1 heterocycles. The number of halogens is 1. The van der Waals surface area contributed by atoms with E-state index in [9.17, 15) is 4.79 Å². The SMILES string of the molecule is COc1ccc(CN(C)C(=O)c2cnc(C3CC3)nc2)cc1Cl. The van der Waals surface area contributed by atoms with Gasteiger partial charge in [-0.1, -0.05) is 17.7 Å². The molecule has 1 aromatic carbocycles. The molecule has 0 N–H and O–H groups in total. The zero-order chi connectivity index (χ0) is 16.4. The highest BCUT2D eigenvalue weighted by molar-refractivity contribution is 6.32. The van der Waals surface area contributed by atoms with E-state index in [2.05, 4.69) is 9.97 Å². The van der Waals surface area contributed by atoms with E-state index in [1.54, 1.807) is 43.6 Å². The zero-order valence-corrected chi connectivity index (χ0v) is 13.9. The van der Waals surface area contributed by atoms with Gasteiger partial charge in [0.2, 0.25) is 0 Å². The highest BCUT2D eigenvalue weighted by Gasteiger charge is 2.26. The van der Waals surface area contributed by atoms with Crippen molar-refractivity contribution in [3.63, 3.8) is 0 Å². The molecule has 0 saturated heterocycles. The molecule has 1 amide bonds. The molecule has 0 unspecified atom stereocenters. The molecule has 6 heteroatoms. The Hall–Kier alpha value is -2.14. The molecule has 0 aliphatic heterocycles. The van der Waals surface area contributed by atoms with Gasteiger partial charge in [-0.15, -0.1) is 0 Å². The van der Waals surface area contributed by atoms with Crippen molar-refractivity contribution in [3.05, 3.63) is 52.6 Å². The summed E-state index contributed by atoms with van der Waals surface area (Å²) in [6.45, 7) is 0.451. The van der Waals surface area contributed by atoms with Crippen LogP contribution in [0.2, 0.25) is 5.02 Å². The van der Waals surface area contributed by atoms with E-state index in [1.807, 2.05) is 6.07 Å². The fourth-order valence-electron chi connectivity index (χ4n) is 2.38. The molecule has 1 aliphatic carbocycles. The minimum atomic E-state index is -0.112. The number of amides is 1. The lowest BCUT2D eigenvalue weighted by Gasteiger charge is -2.17. The number of ether oxygens (including phenoxy) is 1. The van der Waals surface area contributed by atoms with Gasteiger partial charge in [-0.2, -0.15) is 0 Å². The molecule has 0 atom stereocenters. The quantitative estimate of drug-likeness (QED) is 0.843. The molecular formula is C17H18ClN3O2. The molecular weight excluding hydrogens is 314 g/mol. The molecule has 1 fully saturated rings. The van der Waals surface area contributed by atoms with Crippen LogP contribution >= 0.6 is 11.6 Å². The number of rotatable bonds is 5. The van der Waals surface area contributed by atoms with E-state index < -0.39 is 0 Å². The number of carbonyl (C=O) groups excluding carboxylic acids is 1. The zero-order valence-electron chi connectivity index (χ0n) is 13.1. The van der Waals surface area contributed by atoms with Crippen molar-refractivity contribution in [2.45, 2.75) is 25.3 Å². The Morgan fingerprint density at radius 2 is 2.04 bits per heavy atom. The molecule has 1 aliphatic rings. The number of benzene rings is 1. The summed E-state index contributed by atoms with van der Waals surface area (Å²) < 4.78 is 5.13. The second-order valence-corrected chi connectivity index (χ2v) is 6.14. The van der Waals surface area contributed by atoms with E-state index in [-0.39, 0.29) is 5.91 Å². The Bertz CT molecular complexity index is 714. The monoisotopic (exact) mass is 331 g/mol. The molecule has 0 spiro atoms. The highest BCUT2D eigenvalue weighted by atomic mass is 35.5. The molecule has 3 rings (SSSR count). The van der Waals surface area contributed by atoms with Crippen LogP contribution in [0.25, 0.3) is 0 Å². The molecule has 120 valence electrons. The van der Waals surface area contributed by atoms with Crippen LogP contribution in [0.4, 0.5) is 0 Å². The Labute approximate surface area is 140 Å². The summed E-state index contributed by atoms with van der Waals surface area (Å²) >= 11 is 6.11. The van der Waals surface area contributed by atoms with Gasteiger partial charge in [0, 0.05) is 31.9 Å². The lowest BCUT2D eigenvalue weighted by molar-refractivity contribution is 0.0784. The third-order valence-electron chi connectivity index (χ3n) is 3.84. The summed E-state index contributed by atoms with van der Waals surface area (Å²) in [5, 5.41) is 0.531. The third kappa shape index (κ3) is 3.62. The van der Waals surface area contributed by atoms with Crippen LogP contribution in [0.5, 0.6) is 5.75 Å². The van der Waals surface area contributed by atoms with Crippen molar-refractivity contribution in [1.29, 1.82) is 0 Å². The maximum absolute atomic E-state index is 12.4. The van der Waals surface area contributed by atoms with E-state index in [0.29, 0.717) is 28.8 Å². The van der Waals surface area contributed by atoms with Crippen molar-refractivity contribution in [1.82, 2.24) is 14.9 Å². The second kappa shape index (κ2) is 6.54. The van der Waals surface area contributed by atoms with Gasteiger partial charge in [0.25, 0.3) is 5.91 Å². The van der Waals surface area contributed by atoms with Crippen LogP contribution in [0.1, 0.15) is 40.5 Å². The van der Waals surface area contributed by atoms with E-state index >= 15 is 0 Å². The van der Waals surface area contributed by atoms with Gasteiger partial charge >= 0.3 is 0 Å². The maximum Gasteiger partial charge on any atom is 0.257 e. The first kappa shape index (κ1) is 15.7. The van der Waals surface area contributed by atoms with Crippen LogP contribution in [-0.2, 0) is 6.54 Å². The topological polar surface area (TPSA) is 55.3 Å². The molecule has 1 saturated carbocycles. The minimum absolute atomic E-state index is 0.112. The van der Waals surface area contributed by atoms with Gasteiger partial charge in [0.05, 0.1) is 17.7 Å². The lowest BCUT2D eigenvalue weighted by atomic mass is 10.2. The predicted molar refractivity (Wildman–Crippen MR) is 87.8 cm³/mol. The molecule has 0 bridgehead atoms. The average molecular weight is 332 g/mol. The number of aromatic nitrogens is 2. The molecule has 5 nitrogen and oxygen atoms in total. The summed E-state index contributed by atoms with van der Waals surface area (Å²) in [4.78, 5) is 22.6. The summed E-state index contributed by atoms with van der Waals surface area (Å²) in [7, 11) is 3.32. The smallest absolute Gasteiger partial charge is 0.257 e. The first-order valence-corrected chi connectivity index (χ1v) is 7.86. The van der Waals surface area contributed by atoms with Gasteiger partial charge in [0.1, 0.15) is 11.6 Å². The number of hydrogen-bond donors (Lipinski definition) is 0. The standard InChI is InChI=1S/C17H18ClN3O2/c1-21(10-11-3-6-15(23-2)14(18)7-11)17(22)13-8-19-16(20-9-13)12-4-5-12/h3,6-9,12H,4-5,10H2,1-2H3. The molecule has 23 heavy (non-hydrogen) atoms. The predicted octanol–water partition coefficient (Wildman–Crippen LogP) is 3.29. The van der Waals surface area contributed by atoms with Crippen molar-refractivity contribution in [2.24, 2.45) is 0 Å². The summed E-state index contributed by atoms with van der Waals surface area (Å²) in [5.41, 5.74) is 1.43. The Morgan fingerprint density at radius 3 is 2.61 bits per heavy atom. The van der Waals surface area contributed by atoms with Gasteiger partial charge in [-0.3, -0.25) is 4.79 Å². The normalized spacial score (nSPS) is 13.7. The van der Waals surface area contributed by atoms with E-state index in [1.165, 1.54) is 0 Å². The van der Waals surface area contributed by atoms with Gasteiger partial charge in [0.15, 0.2) is 0 Å². The lowest BCUT2D eigenvalue weighted by Crippen LogP contribution is -2.26. The van der Waals surface area contributed by atoms with Crippen molar-refractivity contribution in [3.8, 4) is 5.75 Å². The van der Waals surface area contributed by atoms with E-state index in [0.717, 1.165) is 24.2 Å². The van der Waals surface area contributed by atoms with Crippen molar-refractivity contribution < 1.29 is 9.53 Å². The second-order valence-electron chi connectivity index (χ2n) is 5.73.